The molecule has 1 N–H and O–H groups in total. The lowest BCUT2D eigenvalue weighted by Gasteiger charge is -1.86. The van der Waals surface area contributed by atoms with Crippen LogP contribution in [0, 0.1) is 0 Å². The maximum Gasteiger partial charge on any atom is 0.548 e. The molecule has 0 bridgehead atoms. The molecule has 0 amide bonds. The maximum absolute atomic E-state index is 11.2. The van der Waals surface area contributed by atoms with E-state index in [0.717, 1.165) is 0 Å². The van der Waals surface area contributed by atoms with Crippen molar-refractivity contribution in [3.63, 3.8) is 0 Å². The van der Waals surface area contributed by atoms with Crippen LogP contribution in [0.15, 0.2) is 30.3 Å². The van der Waals surface area contributed by atoms with Gasteiger partial charge in [-0.3, -0.25) is 0 Å². The number of benzene rings is 1. The minimum atomic E-state index is -1.79. The first-order chi connectivity index (χ1) is 5.84. The summed E-state index contributed by atoms with van der Waals surface area (Å²) in [5.41, 5.74) is 0. The highest BCUT2D eigenvalue weighted by Gasteiger charge is 2.20. The van der Waals surface area contributed by atoms with Crippen LogP contribution in [-0.2, 0) is 9.09 Å². The van der Waals surface area contributed by atoms with Crippen LogP contribution in [0.3, 0.4) is 0 Å². The average Bonchev–Trinajstić information content (AvgIpc) is 2.15. The third-order valence-corrected chi connectivity index (χ3v) is 2.40. The lowest BCUT2D eigenvalue weighted by molar-refractivity contribution is 0.210. The van der Waals surface area contributed by atoms with E-state index in [1.807, 2.05) is 6.07 Å². The van der Waals surface area contributed by atoms with Crippen molar-refractivity contribution in [3.8, 4) is 0 Å². The van der Waals surface area contributed by atoms with Crippen molar-refractivity contribution in [2.75, 3.05) is 13.2 Å². The Bertz CT molecular complexity index is 248. The van der Waals surface area contributed by atoms with Gasteiger partial charge in [-0.05, 0) is 16.7 Å². The van der Waals surface area contributed by atoms with E-state index in [2.05, 4.69) is 0 Å². The standard InChI is InChI=1S/C8H10O3P/c9-6-7-11-12(10)8-4-2-1-3-5-8/h1-5,9H,6-7H2/q+1. The monoisotopic (exact) mass is 185 g/mol. The molecule has 12 heavy (non-hydrogen) atoms. The molecule has 1 aromatic rings. The number of hydrogen-bond acceptors (Lipinski definition) is 3. The fourth-order valence-electron chi connectivity index (χ4n) is 0.748. The smallest absolute Gasteiger partial charge is 0.394 e. The van der Waals surface area contributed by atoms with E-state index >= 15 is 0 Å². The largest absolute Gasteiger partial charge is 0.548 e. The van der Waals surface area contributed by atoms with Gasteiger partial charge in [0.05, 0.1) is 6.61 Å². The van der Waals surface area contributed by atoms with Crippen LogP contribution in [0.25, 0.3) is 0 Å². The van der Waals surface area contributed by atoms with Crippen LogP contribution < -0.4 is 5.30 Å². The molecule has 0 saturated carbocycles. The van der Waals surface area contributed by atoms with E-state index in [1.165, 1.54) is 0 Å². The molecule has 1 unspecified atom stereocenters. The van der Waals surface area contributed by atoms with Crippen molar-refractivity contribution in [1.29, 1.82) is 0 Å². The van der Waals surface area contributed by atoms with Gasteiger partial charge in [-0.15, -0.1) is 4.52 Å². The molecule has 0 saturated heterocycles. The van der Waals surface area contributed by atoms with Crippen LogP contribution in [0.5, 0.6) is 0 Å². The van der Waals surface area contributed by atoms with Crippen molar-refractivity contribution < 1.29 is 14.2 Å². The Labute approximate surface area is 71.9 Å². The first-order valence-electron chi connectivity index (χ1n) is 3.60. The summed E-state index contributed by atoms with van der Waals surface area (Å²) in [6, 6.07) is 8.90. The third kappa shape index (κ3) is 2.70. The maximum atomic E-state index is 11.2. The van der Waals surface area contributed by atoms with Gasteiger partial charge in [0.1, 0.15) is 6.61 Å². The summed E-state index contributed by atoms with van der Waals surface area (Å²) in [6.45, 7) is 0.0119. The number of aliphatic hydroxyl groups is 1. The number of hydrogen-bond donors (Lipinski definition) is 1. The second kappa shape index (κ2) is 4.99. The zero-order chi connectivity index (χ0) is 8.81. The van der Waals surface area contributed by atoms with E-state index in [9.17, 15) is 4.57 Å². The molecule has 1 atom stereocenters. The van der Waals surface area contributed by atoms with Crippen molar-refractivity contribution in [2.24, 2.45) is 0 Å². The van der Waals surface area contributed by atoms with Crippen LogP contribution in [0.2, 0.25) is 0 Å². The summed E-state index contributed by atoms with van der Waals surface area (Å²) in [4.78, 5) is 0. The molecular formula is C8H10O3P+. The van der Waals surface area contributed by atoms with Crippen LogP contribution in [0.1, 0.15) is 0 Å². The zero-order valence-corrected chi connectivity index (χ0v) is 7.41. The minimum Gasteiger partial charge on any atom is -0.394 e. The molecule has 64 valence electrons. The molecule has 0 aliphatic carbocycles. The zero-order valence-electron chi connectivity index (χ0n) is 6.51. The molecule has 0 aromatic heterocycles. The predicted molar refractivity (Wildman–Crippen MR) is 46.7 cm³/mol. The lowest BCUT2D eigenvalue weighted by Crippen LogP contribution is -2.00. The minimum absolute atomic E-state index is 0.103. The summed E-state index contributed by atoms with van der Waals surface area (Å²) in [6.07, 6.45) is 0. The van der Waals surface area contributed by atoms with E-state index < -0.39 is 8.03 Å². The Hall–Kier alpha value is -0.760. The van der Waals surface area contributed by atoms with Crippen molar-refractivity contribution in [3.05, 3.63) is 30.3 Å². The summed E-state index contributed by atoms with van der Waals surface area (Å²) < 4.78 is 16.1. The van der Waals surface area contributed by atoms with Crippen LogP contribution in [-0.4, -0.2) is 18.3 Å². The second-order valence-electron chi connectivity index (χ2n) is 2.15. The molecule has 1 aromatic carbocycles. The lowest BCUT2D eigenvalue weighted by atomic mass is 10.4. The Morgan fingerprint density at radius 3 is 2.58 bits per heavy atom. The summed E-state index contributed by atoms with van der Waals surface area (Å²) >= 11 is 0. The molecule has 0 spiro atoms. The quantitative estimate of drug-likeness (QED) is 0.713. The third-order valence-electron chi connectivity index (χ3n) is 1.27. The van der Waals surface area contributed by atoms with Gasteiger partial charge in [-0.2, -0.15) is 0 Å². The Morgan fingerprint density at radius 2 is 2.00 bits per heavy atom. The van der Waals surface area contributed by atoms with Crippen molar-refractivity contribution in [1.82, 2.24) is 0 Å². The van der Waals surface area contributed by atoms with Gasteiger partial charge in [-0.1, -0.05) is 18.2 Å². The van der Waals surface area contributed by atoms with Gasteiger partial charge >= 0.3 is 8.03 Å². The van der Waals surface area contributed by atoms with Gasteiger partial charge in [-0.25, -0.2) is 0 Å². The normalized spacial score (nSPS) is 11.2. The molecule has 0 heterocycles. The van der Waals surface area contributed by atoms with E-state index in [1.54, 1.807) is 24.3 Å². The topological polar surface area (TPSA) is 46.5 Å². The Kier molecular flexibility index (Phi) is 3.88. The van der Waals surface area contributed by atoms with Crippen LogP contribution >= 0.6 is 8.03 Å². The fraction of sp³-hybridized carbons (Fsp3) is 0.250. The first-order valence-corrected chi connectivity index (χ1v) is 4.78. The van der Waals surface area contributed by atoms with E-state index in [0.29, 0.717) is 5.30 Å². The highest BCUT2D eigenvalue weighted by atomic mass is 31.1. The molecule has 1 rings (SSSR count). The fourth-order valence-corrected chi connectivity index (χ4v) is 1.56. The number of rotatable bonds is 4. The second-order valence-corrected chi connectivity index (χ2v) is 3.44. The molecule has 4 heteroatoms. The van der Waals surface area contributed by atoms with E-state index in [-0.39, 0.29) is 13.2 Å². The van der Waals surface area contributed by atoms with Crippen molar-refractivity contribution >= 4 is 13.3 Å². The Balaban J connectivity index is 2.54. The molecule has 0 radical (unpaired) electrons. The van der Waals surface area contributed by atoms with Gasteiger partial charge in [0.2, 0.25) is 5.30 Å². The Morgan fingerprint density at radius 1 is 1.33 bits per heavy atom. The molecule has 0 aliphatic rings. The number of aliphatic hydroxyl groups excluding tert-OH is 1. The molecular weight excluding hydrogens is 175 g/mol. The highest BCUT2D eigenvalue weighted by molar-refractivity contribution is 7.48. The van der Waals surface area contributed by atoms with Gasteiger partial charge in [0.25, 0.3) is 0 Å². The molecule has 3 nitrogen and oxygen atoms in total. The van der Waals surface area contributed by atoms with Gasteiger partial charge in [0.15, 0.2) is 0 Å². The first kappa shape index (κ1) is 9.33. The summed E-state index contributed by atoms with van der Waals surface area (Å²) in [5.74, 6) is 0. The summed E-state index contributed by atoms with van der Waals surface area (Å²) in [7, 11) is -1.79. The van der Waals surface area contributed by atoms with Gasteiger partial charge < -0.3 is 5.11 Å². The average molecular weight is 185 g/mol. The van der Waals surface area contributed by atoms with E-state index in [4.69, 9.17) is 9.63 Å². The highest BCUT2D eigenvalue weighted by Crippen LogP contribution is 2.19. The van der Waals surface area contributed by atoms with Crippen molar-refractivity contribution in [2.45, 2.75) is 0 Å². The SMILES string of the molecule is O=[P+](OCCO)c1ccccc1. The molecule has 0 aliphatic heterocycles. The van der Waals surface area contributed by atoms with Crippen LogP contribution in [0.4, 0.5) is 0 Å². The summed E-state index contributed by atoms with van der Waals surface area (Å²) in [5, 5.41) is 9.06. The van der Waals surface area contributed by atoms with Gasteiger partial charge in [0, 0.05) is 0 Å². The predicted octanol–water partition coefficient (Wildman–Crippen LogP) is 1.06. The molecule has 0 fully saturated rings.